The van der Waals surface area contributed by atoms with Crippen LogP contribution in [0.5, 0.6) is 17.4 Å². The molecule has 5 nitrogen and oxygen atoms in total. The Morgan fingerprint density at radius 3 is 2.25 bits per heavy atom. The molecule has 0 amide bonds. The molecule has 0 spiro atoms. The monoisotopic (exact) mass is 273 g/mol. The van der Waals surface area contributed by atoms with Crippen molar-refractivity contribution >= 4 is 0 Å². The lowest BCUT2D eigenvalue weighted by Crippen LogP contribution is -2.22. The normalized spacial score (nSPS) is 10.6. The van der Waals surface area contributed by atoms with Gasteiger partial charge in [-0.2, -0.15) is 5.10 Å². The Bertz CT molecular complexity index is 524. The highest BCUT2D eigenvalue weighted by atomic mass is 16.5. The molecule has 1 aromatic heterocycles. The zero-order valence-corrected chi connectivity index (χ0v) is 12.0. The minimum atomic E-state index is 0.423. The second-order valence-corrected chi connectivity index (χ2v) is 4.68. The van der Waals surface area contributed by atoms with Crippen LogP contribution < -0.4 is 14.8 Å². The molecular weight excluding hydrogens is 254 g/mol. The molecule has 5 heteroatoms. The fourth-order valence-corrected chi connectivity index (χ4v) is 1.57. The van der Waals surface area contributed by atoms with Gasteiger partial charge in [0, 0.05) is 18.7 Å². The number of ether oxygens (including phenoxy) is 2. The quantitative estimate of drug-likeness (QED) is 0.877. The van der Waals surface area contributed by atoms with Crippen molar-refractivity contribution in [3.8, 4) is 17.4 Å². The van der Waals surface area contributed by atoms with Crippen LogP contribution in [0, 0.1) is 0 Å². The third-order valence-corrected chi connectivity index (χ3v) is 2.67. The van der Waals surface area contributed by atoms with Crippen molar-refractivity contribution in [3.05, 3.63) is 42.1 Å². The average molecular weight is 273 g/mol. The van der Waals surface area contributed by atoms with Crippen molar-refractivity contribution in [2.45, 2.75) is 26.4 Å². The number of methoxy groups -OCH3 is 1. The van der Waals surface area contributed by atoms with E-state index in [1.165, 1.54) is 0 Å². The standard InChI is InChI=1S/C15H19N3O2/c1-11(2)16-10-12-4-9-15(18-17-12)20-14-7-5-13(19-3)6-8-14/h4-9,11,16H,10H2,1-3H3. The Morgan fingerprint density at radius 2 is 1.70 bits per heavy atom. The van der Waals surface area contributed by atoms with Crippen molar-refractivity contribution in [2.24, 2.45) is 0 Å². The SMILES string of the molecule is COc1ccc(Oc2ccc(CNC(C)C)nn2)cc1. The first-order valence-electron chi connectivity index (χ1n) is 6.55. The Hall–Kier alpha value is -2.14. The summed E-state index contributed by atoms with van der Waals surface area (Å²) in [6.45, 7) is 4.89. The summed E-state index contributed by atoms with van der Waals surface area (Å²) in [5.74, 6) is 1.97. The average Bonchev–Trinajstić information content (AvgIpc) is 2.47. The number of hydrogen-bond donors (Lipinski definition) is 1. The molecular formula is C15H19N3O2. The number of benzene rings is 1. The lowest BCUT2D eigenvalue weighted by Gasteiger charge is -2.08. The number of nitrogens with zero attached hydrogens (tertiary/aromatic N) is 2. The maximum absolute atomic E-state index is 5.61. The predicted octanol–water partition coefficient (Wildman–Crippen LogP) is 2.78. The molecule has 20 heavy (non-hydrogen) atoms. The molecule has 0 saturated carbocycles. The van der Waals surface area contributed by atoms with Crippen LogP contribution in [0.1, 0.15) is 19.5 Å². The van der Waals surface area contributed by atoms with Crippen LogP contribution in [-0.2, 0) is 6.54 Å². The smallest absolute Gasteiger partial charge is 0.238 e. The molecule has 0 aliphatic heterocycles. The Kier molecular flexibility index (Phi) is 4.90. The number of hydrogen-bond acceptors (Lipinski definition) is 5. The summed E-state index contributed by atoms with van der Waals surface area (Å²) in [6.07, 6.45) is 0. The maximum atomic E-state index is 5.61. The van der Waals surface area contributed by atoms with E-state index in [0.717, 1.165) is 11.4 Å². The summed E-state index contributed by atoms with van der Waals surface area (Å²) in [5, 5.41) is 11.5. The van der Waals surface area contributed by atoms with E-state index in [1.807, 2.05) is 36.4 Å². The molecule has 0 atom stereocenters. The van der Waals surface area contributed by atoms with Gasteiger partial charge in [-0.05, 0) is 30.3 Å². The van der Waals surface area contributed by atoms with E-state index in [9.17, 15) is 0 Å². The molecule has 0 radical (unpaired) electrons. The molecule has 2 aromatic rings. The van der Waals surface area contributed by atoms with Crippen molar-refractivity contribution in [1.29, 1.82) is 0 Å². The zero-order chi connectivity index (χ0) is 14.4. The number of rotatable bonds is 6. The van der Waals surface area contributed by atoms with E-state index in [2.05, 4.69) is 29.4 Å². The Balaban J connectivity index is 1.95. The lowest BCUT2D eigenvalue weighted by molar-refractivity contribution is 0.411. The Labute approximate surface area is 118 Å². The van der Waals surface area contributed by atoms with Gasteiger partial charge < -0.3 is 14.8 Å². The van der Waals surface area contributed by atoms with Crippen LogP contribution >= 0.6 is 0 Å². The maximum Gasteiger partial charge on any atom is 0.238 e. The van der Waals surface area contributed by atoms with Gasteiger partial charge in [0.15, 0.2) is 0 Å². The molecule has 106 valence electrons. The highest BCUT2D eigenvalue weighted by molar-refractivity contribution is 5.33. The third kappa shape index (κ3) is 4.20. The first-order chi connectivity index (χ1) is 9.67. The molecule has 0 fully saturated rings. The number of aromatic nitrogens is 2. The minimum absolute atomic E-state index is 0.423. The summed E-state index contributed by atoms with van der Waals surface area (Å²) in [6, 6.07) is 11.5. The van der Waals surface area contributed by atoms with E-state index in [4.69, 9.17) is 9.47 Å². The lowest BCUT2D eigenvalue weighted by atomic mass is 10.3. The van der Waals surface area contributed by atoms with Gasteiger partial charge in [0.2, 0.25) is 5.88 Å². The topological polar surface area (TPSA) is 56.3 Å². The second kappa shape index (κ2) is 6.86. The molecule has 1 heterocycles. The second-order valence-electron chi connectivity index (χ2n) is 4.68. The molecule has 0 aliphatic carbocycles. The molecule has 0 bridgehead atoms. The van der Waals surface area contributed by atoms with Crippen LogP contribution in [0.15, 0.2) is 36.4 Å². The number of nitrogens with one attached hydrogen (secondary N) is 1. The molecule has 0 aliphatic rings. The van der Waals surface area contributed by atoms with Crippen molar-refractivity contribution in [2.75, 3.05) is 7.11 Å². The fraction of sp³-hybridized carbons (Fsp3) is 0.333. The molecule has 0 saturated heterocycles. The van der Waals surface area contributed by atoms with Crippen LogP contribution in [0.25, 0.3) is 0 Å². The highest BCUT2D eigenvalue weighted by Crippen LogP contribution is 2.21. The molecule has 2 rings (SSSR count). The van der Waals surface area contributed by atoms with E-state index in [1.54, 1.807) is 7.11 Å². The van der Waals surface area contributed by atoms with Gasteiger partial charge in [0.25, 0.3) is 0 Å². The van der Waals surface area contributed by atoms with Gasteiger partial charge in [0.05, 0.1) is 12.8 Å². The van der Waals surface area contributed by atoms with E-state index < -0.39 is 0 Å². The van der Waals surface area contributed by atoms with Gasteiger partial charge >= 0.3 is 0 Å². The summed E-state index contributed by atoms with van der Waals surface area (Å²) in [7, 11) is 1.63. The Morgan fingerprint density at radius 1 is 1.00 bits per heavy atom. The van der Waals surface area contributed by atoms with E-state index in [0.29, 0.717) is 24.2 Å². The van der Waals surface area contributed by atoms with Gasteiger partial charge in [-0.15, -0.1) is 5.10 Å². The largest absolute Gasteiger partial charge is 0.497 e. The summed E-state index contributed by atoms with van der Waals surface area (Å²) < 4.78 is 10.7. The van der Waals surface area contributed by atoms with Crippen molar-refractivity contribution < 1.29 is 9.47 Å². The first-order valence-corrected chi connectivity index (χ1v) is 6.55. The summed E-state index contributed by atoms with van der Waals surface area (Å²) in [4.78, 5) is 0. The first kappa shape index (κ1) is 14.3. The van der Waals surface area contributed by atoms with Crippen LogP contribution in [0.2, 0.25) is 0 Å². The summed E-state index contributed by atoms with van der Waals surface area (Å²) >= 11 is 0. The fourth-order valence-electron chi connectivity index (χ4n) is 1.57. The van der Waals surface area contributed by atoms with E-state index >= 15 is 0 Å². The van der Waals surface area contributed by atoms with Crippen molar-refractivity contribution in [1.82, 2.24) is 15.5 Å². The van der Waals surface area contributed by atoms with Crippen LogP contribution in [-0.4, -0.2) is 23.3 Å². The minimum Gasteiger partial charge on any atom is -0.497 e. The molecule has 1 N–H and O–H groups in total. The van der Waals surface area contributed by atoms with Gasteiger partial charge in [-0.1, -0.05) is 13.8 Å². The van der Waals surface area contributed by atoms with Gasteiger partial charge in [0.1, 0.15) is 11.5 Å². The molecule has 0 unspecified atom stereocenters. The van der Waals surface area contributed by atoms with Crippen LogP contribution in [0.3, 0.4) is 0 Å². The highest BCUT2D eigenvalue weighted by Gasteiger charge is 2.02. The van der Waals surface area contributed by atoms with Gasteiger partial charge in [-0.3, -0.25) is 0 Å². The van der Waals surface area contributed by atoms with Crippen molar-refractivity contribution in [3.63, 3.8) is 0 Å². The summed E-state index contributed by atoms with van der Waals surface area (Å²) in [5.41, 5.74) is 0.890. The predicted molar refractivity (Wildman–Crippen MR) is 77.1 cm³/mol. The third-order valence-electron chi connectivity index (χ3n) is 2.67. The van der Waals surface area contributed by atoms with Crippen LogP contribution in [0.4, 0.5) is 0 Å². The van der Waals surface area contributed by atoms with E-state index in [-0.39, 0.29) is 0 Å². The van der Waals surface area contributed by atoms with Gasteiger partial charge in [-0.25, -0.2) is 0 Å². The molecule has 1 aromatic carbocycles. The zero-order valence-electron chi connectivity index (χ0n) is 12.0.